The summed E-state index contributed by atoms with van der Waals surface area (Å²) in [5, 5.41) is 6.24. The van der Waals surface area contributed by atoms with Crippen molar-refractivity contribution in [1.29, 1.82) is 0 Å². The van der Waals surface area contributed by atoms with Crippen LogP contribution < -0.4 is 10.6 Å². The van der Waals surface area contributed by atoms with Crippen LogP contribution >= 0.6 is 0 Å². The molecule has 0 spiro atoms. The summed E-state index contributed by atoms with van der Waals surface area (Å²) in [7, 11) is 1.90. The summed E-state index contributed by atoms with van der Waals surface area (Å²) in [6, 6.07) is 0.316. The van der Waals surface area contributed by atoms with E-state index in [2.05, 4.69) is 30.7 Å². The number of likely N-dealkylation sites (N-methyl/N-ethyl adjacent to an activating group) is 1. The van der Waals surface area contributed by atoms with Gasteiger partial charge in [-0.2, -0.15) is 0 Å². The van der Waals surface area contributed by atoms with E-state index >= 15 is 0 Å². The van der Waals surface area contributed by atoms with Crippen LogP contribution in [-0.4, -0.2) is 19.6 Å². The van der Waals surface area contributed by atoms with Crippen molar-refractivity contribution in [3.8, 4) is 0 Å². The summed E-state index contributed by atoms with van der Waals surface area (Å²) < 4.78 is 0. The van der Waals surface area contributed by atoms with Crippen LogP contribution in [0.15, 0.2) is 24.4 Å². The molecular weight excluding hydrogens is 136 g/mol. The minimum absolute atomic E-state index is 0.316. The fourth-order valence-corrected chi connectivity index (χ4v) is 0.694. The molecule has 0 aromatic heterocycles. The second-order valence-corrected chi connectivity index (χ2v) is 2.85. The van der Waals surface area contributed by atoms with Gasteiger partial charge in [0.2, 0.25) is 0 Å². The van der Waals surface area contributed by atoms with Gasteiger partial charge in [-0.1, -0.05) is 18.7 Å². The summed E-state index contributed by atoms with van der Waals surface area (Å²) in [6.07, 6.45) is 0. The van der Waals surface area contributed by atoms with Crippen LogP contribution in [0.3, 0.4) is 0 Å². The largest absolute Gasteiger partial charge is 0.382 e. The molecule has 0 amide bonds. The summed E-state index contributed by atoms with van der Waals surface area (Å²) in [5.41, 5.74) is 2.13. The molecule has 0 heterocycles. The molecule has 2 nitrogen and oxygen atoms in total. The summed E-state index contributed by atoms with van der Waals surface area (Å²) in [4.78, 5) is 0. The van der Waals surface area contributed by atoms with Crippen molar-refractivity contribution < 1.29 is 0 Å². The highest BCUT2D eigenvalue weighted by Gasteiger charge is 2.00. The van der Waals surface area contributed by atoms with E-state index in [-0.39, 0.29) is 0 Å². The van der Waals surface area contributed by atoms with Crippen molar-refractivity contribution in [3.63, 3.8) is 0 Å². The van der Waals surface area contributed by atoms with E-state index in [4.69, 9.17) is 0 Å². The first-order chi connectivity index (χ1) is 5.07. The van der Waals surface area contributed by atoms with Gasteiger partial charge in [-0.05, 0) is 20.9 Å². The fraction of sp³-hybridized carbons (Fsp3) is 0.556. The summed E-state index contributed by atoms with van der Waals surface area (Å²) in [6.45, 7) is 12.6. The molecule has 0 fully saturated rings. The van der Waals surface area contributed by atoms with Crippen molar-refractivity contribution in [3.05, 3.63) is 24.4 Å². The molecule has 11 heavy (non-hydrogen) atoms. The van der Waals surface area contributed by atoms with Gasteiger partial charge in [-0.3, -0.25) is 0 Å². The number of rotatable bonds is 5. The zero-order valence-corrected chi connectivity index (χ0v) is 7.70. The van der Waals surface area contributed by atoms with Crippen molar-refractivity contribution in [1.82, 2.24) is 10.6 Å². The molecule has 0 bridgehead atoms. The molecule has 0 aromatic carbocycles. The predicted molar refractivity (Wildman–Crippen MR) is 50.5 cm³/mol. The van der Waals surface area contributed by atoms with Crippen LogP contribution in [0.4, 0.5) is 0 Å². The van der Waals surface area contributed by atoms with Gasteiger partial charge in [0.05, 0.1) is 0 Å². The van der Waals surface area contributed by atoms with Crippen LogP contribution in [0.2, 0.25) is 0 Å². The SMILES string of the molecule is C=C(CNC)NC(C)C(=C)C. The third-order valence-electron chi connectivity index (χ3n) is 1.55. The van der Waals surface area contributed by atoms with Gasteiger partial charge in [0.25, 0.3) is 0 Å². The van der Waals surface area contributed by atoms with Gasteiger partial charge in [0, 0.05) is 18.3 Å². The highest BCUT2D eigenvalue weighted by atomic mass is 15.0. The molecule has 0 aliphatic carbocycles. The van der Waals surface area contributed by atoms with Gasteiger partial charge >= 0.3 is 0 Å². The predicted octanol–water partition coefficient (Wildman–Crippen LogP) is 1.27. The Kier molecular flexibility index (Phi) is 4.62. The van der Waals surface area contributed by atoms with E-state index in [0.717, 1.165) is 17.8 Å². The normalized spacial score (nSPS) is 12.3. The lowest BCUT2D eigenvalue weighted by Crippen LogP contribution is -2.30. The molecule has 1 atom stereocenters. The topological polar surface area (TPSA) is 24.1 Å². The minimum Gasteiger partial charge on any atom is -0.382 e. The van der Waals surface area contributed by atoms with Crippen molar-refractivity contribution in [2.45, 2.75) is 19.9 Å². The quantitative estimate of drug-likeness (QED) is 0.583. The van der Waals surface area contributed by atoms with Gasteiger partial charge in [0.15, 0.2) is 0 Å². The Labute approximate surface area is 69.4 Å². The monoisotopic (exact) mass is 154 g/mol. The highest BCUT2D eigenvalue weighted by Crippen LogP contribution is 1.97. The van der Waals surface area contributed by atoms with E-state index in [9.17, 15) is 0 Å². The molecule has 0 rings (SSSR count). The van der Waals surface area contributed by atoms with Gasteiger partial charge in [0.1, 0.15) is 0 Å². The van der Waals surface area contributed by atoms with Crippen molar-refractivity contribution in [2.24, 2.45) is 0 Å². The van der Waals surface area contributed by atoms with E-state index in [0.29, 0.717) is 6.04 Å². The molecule has 2 N–H and O–H groups in total. The zero-order valence-electron chi connectivity index (χ0n) is 7.70. The molecule has 0 aromatic rings. The Morgan fingerprint density at radius 2 is 2.00 bits per heavy atom. The number of nitrogens with one attached hydrogen (secondary N) is 2. The molecule has 0 aliphatic rings. The van der Waals surface area contributed by atoms with Crippen LogP contribution in [0, 0.1) is 0 Å². The third-order valence-corrected chi connectivity index (χ3v) is 1.55. The van der Waals surface area contributed by atoms with E-state index in [1.165, 1.54) is 0 Å². The minimum atomic E-state index is 0.316. The first kappa shape index (κ1) is 10.2. The number of hydrogen-bond acceptors (Lipinski definition) is 2. The Hall–Kier alpha value is -0.760. The molecular formula is C9H18N2. The Balaban J connectivity index is 3.66. The molecule has 0 radical (unpaired) electrons. The lowest BCUT2D eigenvalue weighted by molar-refractivity contribution is 0.664. The molecule has 0 saturated heterocycles. The van der Waals surface area contributed by atoms with Crippen LogP contribution in [-0.2, 0) is 0 Å². The van der Waals surface area contributed by atoms with Crippen LogP contribution in [0.5, 0.6) is 0 Å². The highest BCUT2D eigenvalue weighted by molar-refractivity contribution is 5.06. The lowest BCUT2D eigenvalue weighted by atomic mass is 10.2. The Morgan fingerprint density at radius 3 is 2.36 bits per heavy atom. The van der Waals surface area contributed by atoms with Gasteiger partial charge in [-0.25, -0.2) is 0 Å². The average Bonchev–Trinajstić information content (AvgIpc) is 1.87. The maximum atomic E-state index is 3.85. The maximum absolute atomic E-state index is 3.85. The Morgan fingerprint density at radius 1 is 1.45 bits per heavy atom. The standard InChI is InChI=1S/C9H18N2/c1-7(2)9(4)11-8(3)6-10-5/h9-11H,1,3,6H2,2,4-5H3. The fourth-order valence-electron chi connectivity index (χ4n) is 0.694. The van der Waals surface area contributed by atoms with Gasteiger partial charge < -0.3 is 10.6 Å². The molecule has 0 aliphatic heterocycles. The molecule has 64 valence electrons. The van der Waals surface area contributed by atoms with E-state index in [1.807, 2.05) is 14.0 Å². The first-order valence-corrected chi connectivity index (χ1v) is 3.82. The second-order valence-electron chi connectivity index (χ2n) is 2.85. The zero-order chi connectivity index (χ0) is 8.85. The van der Waals surface area contributed by atoms with Crippen molar-refractivity contribution in [2.75, 3.05) is 13.6 Å². The average molecular weight is 154 g/mol. The maximum Gasteiger partial charge on any atom is 0.0437 e. The second kappa shape index (κ2) is 4.97. The summed E-state index contributed by atoms with van der Waals surface area (Å²) >= 11 is 0. The molecule has 0 saturated carbocycles. The molecule has 1 unspecified atom stereocenters. The Bertz CT molecular complexity index is 150. The first-order valence-electron chi connectivity index (χ1n) is 3.82. The summed E-state index contributed by atoms with van der Waals surface area (Å²) in [5.74, 6) is 0. The smallest absolute Gasteiger partial charge is 0.0437 e. The van der Waals surface area contributed by atoms with Gasteiger partial charge in [-0.15, -0.1) is 0 Å². The van der Waals surface area contributed by atoms with Crippen molar-refractivity contribution >= 4 is 0 Å². The third kappa shape index (κ3) is 4.62. The van der Waals surface area contributed by atoms with E-state index < -0.39 is 0 Å². The number of hydrogen-bond donors (Lipinski definition) is 2. The molecule has 2 heteroatoms. The van der Waals surface area contributed by atoms with E-state index in [1.54, 1.807) is 0 Å². The lowest BCUT2D eigenvalue weighted by Gasteiger charge is -2.16. The van der Waals surface area contributed by atoms with Crippen LogP contribution in [0.25, 0.3) is 0 Å². The van der Waals surface area contributed by atoms with Crippen LogP contribution in [0.1, 0.15) is 13.8 Å².